The summed E-state index contributed by atoms with van der Waals surface area (Å²) in [6.45, 7) is 0. The van der Waals surface area contributed by atoms with Crippen molar-refractivity contribution in [2.75, 3.05) is 5.32 Å². The Morgan fingerprint density at radius 3 is 3.12 bits per heavy atom. The first-order valence-corrected chi connectivity index (χ1v) is 6.31. The molecule has 2 saturated carbocycles. The number of hydrogen-bond acceptors (Lipinski definition) is 4. The van der Waals surface area contributed by atoms with Gasteiger partial charge in [0.2, 0.25) is 5.65 Å². The Morgan fingerprint density at radius 1 is 1.29 bits per heavy atom. The van der Waals surface area contributed by atoms with E-state index in [1.807, 2.05) is 10.6 Å². The topological polar surface area (TPSA) is 55.1 Å². The summed E-state index contributed by atoms with van der Waals surface area (Å²) in [5, 5.41) is 11.6. The van der Waals surface area contributed by atoms with Crippen molar-refractivity contribution >= 4 is 11.5 Å². The molecule has 5 nitrogen and oxygen atoms in total. The molecule has 0 amide bonds. The summed E-state index contributed by atoms with van der Waals surface area (Å²) in [5.74, 6) is 2.66. The van der Waals surface area contributed by atoms with Gasteiger partial charge in [0.15, 0.2) is 5.82 Å². The van der Waals surface area contributed by atoms with Gasteiger partial charge in [0.1, 0.15) is 6.33 Å². The van der Waals surface area contributed by atoms with E-state index in [-0.39, 0.29) is 0 Å². The van der Waals surface area contributed by atoms with E-state index in [9.17, 15) is 0 Å². The van der Waals surface area contributed by atoms with Crippen molar-refractivity contribution in [3.8, 4) is 0 Å². The highest BCUT2D eigenvalue weighted by Gasteiger charge is 2.39. The predicted molar refractivity (Wildman–Crippen MR) is 63.6 cm³/mol. The zero-order valence-corrected chi connectivity index (χ0v) is 9.58. The maximum absolute atomic E-state index is 4.39. The van der Waals surface area contributed by atoms with Gasteiger partial charge < -0.3 is 5.32 Å². The molecule has 1 N–H and O–H groups in total. The van der Waals surface area contributed by atoms with Crippen LogP contribution in [0.1, 0.15) is 25.7 Å². The van der Waals surface area contributed by atoms with Gasteiger partial charge in [-0.25, -0.2) is 4.98 Å². The molecule has 2 bridgehead atoms. The summed E-state index contributed by atoms with van der Waals surface area (Å²) >= 11 is 0. The highest BCUT2D eigenvalue weighted by molar-refractivity contribution is 5.61. The molecule has 0 radical (unpaired) electrons. The second-order valence-electron chi connectivity index (χ2n) is 5.26. The van der Waals surface area contributed by atoms with Gasteiger partial charge in [-0.05, 0) is 31.1 Å². The molecule has 0 aliphatic heterocycles. The SMILES string of the molecule is c1cn2cnnc2c(NC2CC3CCC2C3)n1. The van der Waals surface area contributed by atoms with Gasteiger partial charge in [-0.3, -0.25) is 4.40 Å². The summed E-state index contributed by atoms with van der Waals surface area (Å²) in [4.78, 5) is 4.39. The van der Waals surface area contributed by atoms with Crippen molar-refractivity contribution in [3.05, 3.63) is 18.7 Å². The van der Waals surface area contributed by atoms with Crippen LogP contribution in [0.2, 0.25) is 0 Å². The molecule has 2 aliphatic rings. The normalized spacial score (nSPS) is 31.2. The lowest BCUT2D eigenvalue weighted by molar-refractivity contribution is 0.439. The Balaban J connectivity index is 1.65. The maximum atomic E-state index is 4.39. The molecular weight excluding hydrogens is 214 g/mol. The first-order valence-electron chi connectivity index (χ1n) is 6.31. The van der Waals surface area contributed by atoms with E-state index in [1.54, 1.807) is 12.5 Å². The Kier molecular flexibility index (Phi) is 1.89. The summed E-state index contributed by atoms with van der Waals surface area (Å²) < 4.78 is 1.91. The number of anilines is 1. The van der Waals surface area contributed by atoms with Crippen LogP contribution in [0.25, 0.3) is 5.65 Å². The molecule has 2 aliphatic carbocycles. The smallest absolute Gasteiger partial charge is 0.203 e. The van der Waals surface area contributed by atoms with E-state index < -0.39 is 0 Å². The van der Waals surface area contributed by atoms with Gasteiger partial charge in [-0.2, -0.15) is 0 Å². The third-order valence-corrected chi connectivity index (χ3v) is 4.28. The van der Waals surface area contributed by atoms with Crippen LogP contribution in [0.4, 0.5) is 5.82 Å². The first kappa shape index (κ1) is 9.39. The molecular formula is C12H15N5. The number of aromatic nitrogens is 4. The highest BCUT2D eigenvalue weighted by atomic mass is 15.2. The molecule has 88 valence electrons. The van der Waals surface area contributed by atoms with E-state index in [0.29, 0.717) is 6.04 Å². The predicted octanol–water partition coefficient (Wildman–Crippen LogP) is 1.72. The monoisotopic (exact) mass is 229 g/mol. The van der Waals surface area contributed by atoms with Gasteiger partial charge in [-0.1, -0.05) is 6.42 Å². The molecule has 4 rings (SSSR count). The summed E-state index contributed by atoms with van der Waals surface area (Å²) in [5.41, 5.74) is 0.829. The third kappa shape index (κ3) is 1.41. The van der Waals surface area contributed by atoms with Crippen molar-refractivity contribution in [2.24, 2.45) is 11.8 Å². The fraction of sp³-hybridized carbons (Fsp3) is 0.583. The second-order valence-corrected chi connectivity index (χ2v) is 5.26. The molecule has 2 fully saturated rings. The minimum absolute atomic E-state index is 0.587. The molecule has 17 heavy (non-hydrogen) atoms. The van der Waals surface area contributed by atoms with Crippen LogP contribution >= 0.6 is 0 Å². The average molecular weight is 229 g/mol. The number of nitrogens with one attached hydrogen (secondary N) is 1. The zero-order valence-electron chi connectivity index (χ0n) is 9.58. The van der Waals surface area contributed by atoms with Crippen molar-refractivity contribution in [1.29, 1.82) is 0 Å². The van der Waals surface area contributed by atoms with Crippen LogP contribution in [0, 0.1) is 11.8 Å². The lowest BCUT2D eigenvalue weighted by atomic mass is 9.95. The molecule has 2 aromatic rings. The van der Waals surface area contributed by atoms with Crippen LogP contribution in [0.15, 0.2) is 18.7 Å². The lowest BCUT2D eigenvalue weighted by Crippen LogP contribution is -2.26. The van der Waals surface area contributed by atoms with Gasteiger partial charge in [0, 0.05) is 18.4 Å². The van der Waals surface area contributed by atoms with Gasteiger partial charge in [0.25, 0.3) is 0 Å². The fourth-order valence-electron chi connectivity index (χ4n) is 3.46. The lowest BCUT2D eigenvalue weighted by Gasteiger charge is -2.23. The molecule has 0 aromatic carbocycles. The molecule has 3 unspecified atom stereocenters. The Morgan fingerprint density at radius 2 is 2.29 bits per heavy atom. The van der Waals surface area contributed by atoms with Gasteiger partial charge in [-0.15, -0.1) is 10.2 Å². The van der Waals surface area contributed by atoms with Crippen LogP contribution < -0.4 is 5.32 Å². The van der Waals surface area contributed by atoms with E-state index in [0.717, 1.165) is 23.3 Å². The maximum Gasteiger partial charge on any atom is 0.203 e. The van der Waals surface area contributed by atoms with Crippen molar-refractivity contribution in [3.63, 3.8) is 0 Å². The van der Waals surface area contributed by atoms with E-state index in [2.05, 4.69) is 20.5 Å². The Bertz CT molecular complexity index is 549. The number of rotatable bonds is 2. The van der Waals surface area contributed by atoms with Gasteiger partial charge in [0.05, 0.1) is 0 Å². The summed E-state index contributed by atoms with van der Waals surface area (Å²) in [6.07, 6.45) is 10.9. The van der Waals surface area contributed by atoms with Crippen LogP contribution in [0.5, 0.6) is 0 Å². The molecule has 2 aromatic heterocycles. The fourth-order valence-corrected chi connectivity index (χ4v) is 3.46. The van der Waals surface area contributed by atoms with Crippen LogP contribution in [-0.2, 0) is 0 Å². The quantitative estimate of drug-likeness (QED) is 0.852. The molecule has 3 atom stereocenters. The molecule has 2 heterocycles. The average Bonchev–Trinajstić information content (AvgIpc) is 3.04. The van der Waals surface area contributed by atoms with E-state index >= 15 is 0 Å². The highest BCUT2D eigenvalue weighted by Crippen LogP contribution is 2.45. The standard InChI is InChI=1S/C12H15N5/c1-2-9-5-8(1)6-10(9)15-11-12-16-14-7-17(12)4-3-13-11/h3-4,7-10H,1-2,5-6H2,(H,13,15). The van der Waals surface area contributed by atoms with Crippen molar-refractivity contribution in [1.82, 2.24) is 19.6 Å². The second kappa shape index (κ2) is 3.42. The first-order chi connectivity index (χ1) is 8.40. The number of fused-ring (bicyclic) bond motifs is 3. The van der Waals surface area contributed by atoms with Crippen LogP contribution in [-0.4, -0.2) is 25.6 Å². The summed E-state index contributed by atoms with van der Waals surface area (Å²) in [6, 6.07) is 0.587. The zero-order chi connectivity index (χ0) is 11.2. The molecule has 0 saturated heterocycles. The van der Waals surface area contributed by atoms with Crippen LogP contribution in [0.3, 0.4) is 0 Å². The summed E-state index contributed by atoms with van der Waals surface area (Å²) in [7, 11) is 0. The minimum Gasteiger partial charge on any atom is -0.364 e. The van der Waals surface area contributed by atoms with Crippen molar-refractivity contribution < 1.29 is 0 Å². The third-order valence-electron chi connectivity index (χ3n) is 4.28. The molecule has 5 heteroatoms. The Labute approximate surface area is 99.3 Å². The van der Waals surface area contributed by atoms with E-state index in [4.69, 9.17) is 0 Å². The largest absolute Gasteiger partial charge is 0.364 e. The Hall–Kier alpha value is -1.65. The number of nitrogens with zero attached hydrogens (tertiary/aromatic N) is 4. The molecule has 0 spiro atoms. The van der Waals surface area contributed by atoms with E-state index in [1.165, 1.54) is 25.7 Å². The minimum atomic E-state index is 0.587. The van der Waals surface area contributed by atoms with Crippen molar-refractivity contribution in [2.45, 2.75) is 31.7 Å². The number of hydrogen-bond donors (Lipinski definition) is 1. The van der Waals surface area contributed by atoms with Gasteiger partial charge >= 0.3 is 0 Å².